The molecule has 0 unspecified atom stereocenters. The first-order valence-electron chi connectivity index (χ1n) is 5.22. The molecule has 3 heteroatoms. The van der Waals surface area contributed by atoms with Crippen molar-refractivity contribution in [1.29, 1.82) is 0 Å². The van der Waals surface area contributed by atoms with Gasteiger partial charge in [0.25, 0.3) is 0 Å². The van der Waals surface area contributed by atoms with Gasteiger partial charge in [-0.2, -0.15) is 0 Å². The van der Waals surface area contributed by atoms with Crippen LogP contribution in [0, 0.1) is 6.92 Å². The molecule has 0 radical (unpaired) electrons. The van der Waals surface area contributed by atoms with E-state index in [1.807, 2.05) is 45.0 Å². The summed E-state index contributed by atoms with van der Waals surface area (Å²) < 4.78 is 16.1. The Kier molecular flexibility index (Phi) is 5.15. The molecule has 0 saturated heterocycles. The number of rotatable bonds is 6. The molecule has 1 aromatic rings. The zero-order valence-corrected chi connectivity index (χ0v) is 9.53. The molecule has 84 valence electrons. The van der Waals surface area contributed by atoms with Gasteiger partial charge in [0.2, 0.25) is 0 Å². The molecular weight excluding hydrogens is 192 g/mol. The van der Waals surface area contributed by atoms with Crippen LogP contribution in [-0.4, -0.2) is 19.7 Å². The summed E-state index contributed by atoms with van der Waals surface area (Å²) in [6.45, 7) is 6.37. The molecule has 0 spiro atoms. The molecule has 15 heavy (non-hydrogen) atoms. The van der Waals surface area contributed by atoms with E-state index >= 15 is 0 Å². The van der Waals surface area contributed by atoms with Crippen LogP contribution in [0.5, 0.6) is 5.75 Å². The normalized spacial score (nSPS) is 10.7. The monoisotopic (exact) mass is 210 g/mol. The molecule has 0 amide bonds. The summed E-state index contributed by atoms with van der Waals surface area (Å²) in [7, 11) is 0. The lowest BCUT2D eigenvalue weighted by atomic mass is 10.2. The van der Waals surface area contributed by atoms with Crippen LogP contribution in [0.1, 0.15) is 19.4 Å². The molecule has 0 aliphatic heterocycles. The van der Waals surface area contributed by atoms with Gasteiger partial charge in [0, 0.05) is 0 Å². The van der Waals surface area contributed by atoms with Gasteiger partial charge in [0.1, 0.15) is 5.75 Å². The van der Waals surface area contributed by atoms with E-state index < -0.39 is 6.48 Å². The summed E-state index contributed by atoms with van der Waals surface area (Å²) in [4.78, 5) is 0. The second kappa shape index (κ2) is 6.43. The van der Waals surface area contributed by atoms with Crippen LogP contribution in [0.25, 0.3) is 0 Å². The quantitative estimate of drug-likeness (QED) is 0.676. The van der Waals surface area contributed by atoms with Crippen LogP contribution >= 0.6 is 0 Å². The summed E-state index contributed by atoms with van der Waals surface area (Å²) in [5, 5.41) is 0. The lowest BCUT2D eigenvalue weighted by Gasteiger charge is -2.18. The van der Waals surface area contributed by atoms with E-state index in [1.165, 1.54) is 5.56 Å². The third-order valence-corrected chi connectivity index (χ3v) is 1.86. The summed E-state index contributed by atoms with van der Waals surface area (Å²) in [6.07, 6.45) is 0. The van der Waals surface area contributed by atoms with Gasteiger partial charge in [-0.05, 0) is 32.9 Å². The van der Waals surface area contributed by atoms with E-state index in [0.717, 1.165) is 5.75 Å². The summed E-state index contributed by atoms with van der Waals surface area (Å²) in [5.41, 5.74) is 1.20. The largest absolute Gasteiger partial charge is 0.441 e. The van der Waals surface area contributed by atoms with Crippen molar-refractivity contribution < 1.29 is 14.2 Å². The Labute approximate surface area is 91.0 Å². The molecule has 1 rings (SSSR count). The van der Waals surface area contributed by atoms with Gasteiger partial charge in [0.05, 0.1) is 13.2 Å². The number of hydrogen-bond acceptors (Lipinski definition) is 3. The standard InChI is InChI=1S/C12H18O3/c1-4-13-12(14-5-2)15-11-8-6-10(3)7-9-11/h6-9,12H,4-5H2,1-3H3. The van der Waals surface area contributed by atoms with Gasteiger partial charge in [-0.3, -0.25) is 0 Å². The highest BCUT2D eigenvalue weighted by Gasteiger charge is 2.08. The Hall–Kier alpha value is -1.06. The SMILES string of the molecule is CCOC(OCC)Oc1ccc(C)cc1. The van der Waals surface area contributed by atoms with Crippen molar-refractivity contribution in [3.63, 3.8) is 0 Å². The van der Waals surface area contributed by atoms with Crippen LogP contribution in [0.15, 0.2) is 24.3 Å². The zero-order valence-electron chi connectivity index (χ0n) is 9.53. The molecule has 0 saturated carbocycles. The van der Waals surface area contributed by atoms with E-state index in [-0.39, 0.29) is 0 Å². The Morgan fingerprint density at radius 3 is 2.00 bits per heavy atom. The fourth-order valence-corrected chi connectivity index (χ4v) is 1.12. The topological polar surface area (TPSA) is 27.7 Å². The Balaban J connectivity index is 2.53. The maximum atomic E-state index is 5.51. The minimum atomic E-state index is -0.609. The molecule has 0 aromatic heterocycles. The third-order valence-electron chi connectivity index (χ3n) is 1.86. The number of aryl methyl sites for hydroxylation is 1. The average molecular weight is 210 g/mol. The van der Waals surface area contributed by atoms with Gasteiger partial charge in [-0.15, -0.1) is 0 Å². The molecule has 0 fully saturated rings. The Morgan fingerprint density at radius 2 is 1.53 bits per heavy atom. The van der Waals surface area contributed by atoms with E-state index in [4.69, 9.17) is 14.2 Å². The molecule has 0 aliphatic rings. The molecular formula is C12H18O3. The average Bonchev–Trinajstić information content (AvgIpc) is 2.22. The predicted octanol–water partition coefficient (Wildman–Crippen LogP) is 2.73. The van der Waals surface area contributed by atoms with Gasteiger partial charge in [-0.25, -0.2) is 0 Å². The molecule has 0 bridgehead atoms. The third kappa shape index (κ3) is 4.32. The maximum absolute atomic E-state index is 5.51. The van der Waals surface area contributed by atoms with Crippen molar-refractivity contribution in [3.05, 3.63) is 29.8 Å². The molecule has 0 heterocycles. The summed E-state index contributed by atoms with van der Waals surface area (Å²) in [5.74, 6) is 0.757. The van der Waals surface area contributed by atoms with Crippen molar-refractivity contribution in [2.75, 3.05) is 13.2 Å². The number of benzene rings is 1. The number of ether oxygens (including phenoxy) is 3. The van der Waals surface area contributed by atoms with Crippen molar-refractivity contribution in [1.82, 2.24) is 0 Å². The Morgan fingerprint density at radius 1 is 1.00 bits per heavy atom. The highest BCUT2D eigenvalue weighted by atomic mass is 16.8. The smallest absolute Gasteiger partial charge is 0.315 e. The molecule has 0 aliphatic carbocycles. The lowest BCUT2D eigenvalue weighted by Crippen LogP contribution is -2.24. The minimum absolute atomic E-state index is 0.566. The first-order valence-corrected chi connectivity index (χ1v) is 5.22. The maximum Gasteiger partial charge on any atom is 0.315 e. The van der Waals surface area contributed by atoms with Gasteiger partial charge in [-0.1, -0.05) is 17.7 Å². The van der Waals surface area contributed by atoms with Gasteiger partial charge >= 0.3 is 6.48 Å². The number of hydrogen-bond donors (Lipinski definition) is 0. The van der Waals surface area contributed by atoms with Crippen molar-refractivity contribution in [3.8, 4) is 5.75 Å². The Bertz CT molecular complexity index is 263. The zero-order chi connectivity index (χ0) is 11.1. The van der Waals surface area contributed by atoms with E-state index in [9.17, 15) is 0 Å². The van der Waals surface area contributed by atoms with E-state index in [1.54, 1.807) is 0 Å². The second-order valence-electron chi connectivity index (χ2n) is 3.13. The molecule has 0 atom stereocenters. The van der Waals surface area contributed by atoms with Gasteiger partial charge < -0.3 is 14.2 Å². The van der Waals surface area contributed by atoms with Crippen molar-refractivity contribution in [2.24, 2.45) is 0 Å². The fourth-order valence-electron chi connectivity index (χ4n) is 1.12. The fraction of sp³-hybridized carbons (Fsp3) is 0.500. The van der Waals surface area contributed by atoms with Crippen LogP contribution < -0.4 is 4.74 Å². The molecule has 1 aromatic carbocycles. The highest BCUT2D eigenvalue weighted by Crippen LogP contribution is 2.14. The van der Waals surface area contributed by atoms with Crippen LogP contribution in [0.3, 0.4) is 0 Å². The second-order valence-corrected chi connectivity index (χ2v) is 3.13. The first kappa shape index (κ1) is 12.0. The van der Waals surface area contributed by atoms with Crippen LogP contribution in [-0.2, 0) is 9.47 Å². The summed E-state index contributed by atoms with van der Waals surface area (Å²) in [6, 6.07) is 7.79. The molecule has 3 nitrogen and oxygen atoms in total. The predicted molar refractivity (Wildman–Crippen MR) is 58.8 cm³/mol. The van der Waals surface area contributed by atoms with Crippen molar-refractivity contribution in [2.45, 2.75) is 27.2 Å². The molecule has 0 N–H and O–H groups in total. The van der Waals surface area contributed by atoms with Crippen LogP contribution in [0.4, 0.5) is 0 Å². The first-order chi connectivity index (χ1) is 7.26. The van der Waals surface area contributed by atoms with Crippen LogP contribution in [0.2, 0.25) is 0 Å². The lowest BCUT2D eigenvalue weighted by molar-refractivity contribution is -0.242. The minimum Gasteiger partial charge on any atom is -0.441 e. The van der Waals surface area contributed by atoms with E-state index in [2.05, 4.69) is 0 Å². The van der Waals surface area contributed by atoms with E-state index in [0.29, 0.717) is 13.2 Å². The summed E-state index contributed by atoms with van der Waals surface area (Å²) >= 11 is 0. The van der Waals surface area contributed by atoms with Crippen molar-refractivity contribution >= 4 is 0 Å². The van der Waals surface area contributed by atoms with Gasteiger partial charge in [0.15, 0.2) is 0 Å². The highest BCUT2D eigenvalue weighted by molar-refractivity contribution is 5.26.